The van der Waals surface area contributed by atoms with E-state index in [2.05, 4.69) is 5.32 Å². The van der Waals surface area contributed by atoms with E-state index >= 15 is 0 Å². The largest absolute Gasteiger partial charge is 0.493 e. The lowest BCUT2D eigenvalue weighted by Crippen LogP contribution is -2.54. The van der Waals surface area contributed by atoms with Gasteiger partial charge in [-0.3, -0.25) is 14.9 Å². The number of methoxy groups -OCH3 is 1. The number of barbiturate groups is 1. The average molecular weight is 501 g/mol. The van der Waals surface area contributed by atoms with E-state index in [1.165, 1.54) is 25.3 Å². The van der Waals surface area contributed by atoms with Crippen molar-refractivity contribution in [2.45, 2.75) is 20.5 Å². The van der Waals surface area contributed by atoms with Gasteiger partial charge < -0.3 is 14.6 Å². The van der Waals surface area contributed by atoms with Crippen LogP contribution >= 0.6 is 0 Å². The maximum Gasteiger partial charge on any atom is 0.335 e. The molecule has 4 rings (SSSR count). The van der Waals surface area contributed by atoms with Gasteiger partial charge in [-0.1, -0.05) is 24.3 Å². The Kier molecular flexibility index (Phi) is 7.06. The zero-order valence-corrected chi connectivity index (χ0v) is 20.4. The van der Waals surface area contributed by atoms with Crippen LogP contribution in [0.25, 0.3) is 6.08 Å². The summed E-state index contributed by atoms with van der Waals surface area (Å²) in [6.07, 6.45) is 1.39. The number of benzene rings is 3. The third-order valence-electron chi connectivity index (χ3n) is 5.66. The molecule has 2 N–H and O–H groups in total. The van der Waals surface area contributed by atoms with E-state index < -0.39 is 23.8 Å². The Labute approximate surface area is 212 Å². The lowest BCUT2D eigenvalue weighted by molar-refractivity contribution is -0.122. The van der Waals surface area contributed by atoms with Gasteiger partial charge in [0.25, 0.3) is 11.8 Å². The summed E-state index contributed by atoms with van der Waals surface area (Å²) < 4.78 is 11.2. The molecule has 3 aromatic carbocycles. The Balaban J connectivity index is 1.57. The molecule has 0 aromatic heterocycles. The van der Waals surface area contributed by atoms with E-state index in [1.54, 1.807) is 42.5 Å². The number of hydrogen-bond acceptors (Lipinski definition) is 6. The number of urea groups is 1. The molecular formula is C28H24N2O7. The minimum atomic E-state index is -1.01. The van der Waals surface area contributed by atoms with Crippen LogP contribution in [0.2, 0.25) is 0 Å². The lowest BCUT2D eigenvalue weighted by Gasteiger charge is -2.27. The topological polar surface area (TPSA) is 122 Å². The standard InChI is InChI=1S/C28H24N2O7/c1-16-10-17(2)12-21(11-16)30-26(32)22(25(31)29-28(30)35)13-19-6-9-23(24(14-19)36-3)37-15-18-4-7-20(8-5-18)27(33)34/h4-14H,15H2,1-3H3,(H,33,34)(H,29,31,35)/b22-13-. The maximum atomic E-state index is 13.2. The zero-order chi connectivity index (χ0) is 26.7. The Morgan fingerprint density at radius 2 is 1.62 bits per heavy atom. The number of carbonyl (C=O) groups excluding carboxylic acids is 3. The molecule has 1 heterocycles. The second-order valence-corrected chi connectivity index (χ2v) is 8.50. The molecule has 1 saturated heterocycles. The number of aromatic carboxylic acids is 1. The van der Waals surface area contributed by atoms with Crippen molar-refractivity contribution < 1.29 is 33.8 Å². The number of carboxylic acids is 1. The second kappa shape index (κ2) is 10.4. The lowest BCUT2D eigenvalue weighted by atomic mass is 10.0. The molecule has 0 bridgehead atoms. The van der Waals surface area contributed by atoms with Gasteiger partial charge in [0.1, 0.15) is 12.2 Å². The third-order valence-corrected chi connectivity index (χ3v) is 5.66. The molecule has 1 fully saturated rings. The number of amides is 4. The monoisotopic (exact) mass is 500 g/mol. The van der Waals surface area contributed by atoms with Crippen molar-refractivity contribution in [2.75, 3.05) is 12.0 Å². The van der Waals surface area contributed by atoms with Crippen LogP contribution in [-0.4, -0.2) is 36.0 Å². The predicted octanol–water partition coefficient (Wildman–Crippen LogP) is 4.26. The van der Waals surface area contributed by atoms with Gasteiger partial charge in [0.05, 0.1) is 18.4 Å². The second-order valence-electron chi connectivity index (χ2n) is 8.50. The van der Waals surface area contributed by atoms with Gasteiger partial charge in [0.2, 0.25) is 0 Å². The van der Waals surface area contributed by atoms with E-state index in [-0.39, 0.29) is 17.7 Å². The normalized spacial score (nSPS) is 14.5. The van der Waals surface area contributed by atoms with Gasteiger partial charge in [-0.15, -0.1) is 0 Å². The number of hydrogen-bond donors (Lipinski definition) is 2. The van der Waals surface area contributed by atoms with Crippen molar-refractivity contribution in [2.24, 2.45) is 0 Å². The van der Waals surface area contributed by atoms with Crippen molar-refractivity contribution in [3.63, 3.8) is 0 Å². The molecule has 0 unspecified atom stereocenters. The number of ether oxygens (including phenoxy) is 2. The molecule has 188 valence electrons. The van der Waals surface area contributed by atoms with Crippen molar-refractivity contribution in [1.29, 1.82) is 0 Å². The molecule has 0 saturated carbocycles. The number of carboxylic acid groups (broad SMARTS) is 1. The van der Waals surface area contributed by atoms with Gasteiger partial charge in [0.15, 0.2) is 11.5 Å². The van der Waals surface area contributed by atoms with Gasteiger partial charge >= 0.3 is 12.0 Å². The van der Waals surface area contributed by atoms with E-state index in [0.29, 0.717) is 22.7 Å². The van der Waals surface area contributed by atoms with Crippen LogP contribution in [0.15, 0.2) is 66.2 Å². The number of nitrogens with zero attached hydrogens (tertiary/aromatic N) is 1. The summed E-state index contributed by atoms with van der Waals surface area (Å²) in [5.41, 5.74) is 3.34. The molecular weight excluding hydrogens is 476 g/mol. The van der Waals surface area contributed by atoms with Crippen molar-refractivity contribution in [1.82, 2.24) is 5.32 Å². The zero-order valence-electron chi connectivity index (χ0n) is 20.4. The Morgan fingerprint density at radius 3 is 2.24 bits per heavy atom. The van der Waals surface area contributed by atoms with Crippen LogP contribution in [0.4, 0.5) is 10.5 Å². The number of anilines is 1. The van der Waals surface area contributed by atoms with Crippen molar-refractivity contribution >= 4 is 35.6 Å². The molecule has 9 heteroatoms. The summed E-state index contributed by atoms with van der Waals surface area (Å²) in [5.74, 6) is -1.76. The predicted molar refractivity (Wildman–Crippen MR) is 136 cm³/mol. The Hall–Kier alpha value is -4.92. The summed E-state index contributed by atoms with van der Waals surface area (Å²) in [6.45, 7) is 3.88. The Morgan fingerprint density at radius 1 is 0.946 bits per heavy atom. The molecule has 37 heavy (non-hydrogen) atoms. The van der Waals surface area contributed by atoms with E-state index in [1.807, 2.05) is 19.9 Å². The third kappa shape index (κ3) is 5.51. The maximum absolute atomic E-state index is 13.2. The highest BCUT2D eigenvalue weighted by Crippen LogP contribution is 2.31. The molecule has 0 radical (unpaired) electrons. The molecule has 4 amide bonds. The van der Waals surface area contributed by atoms with Crippen molar-refractivity contribution in [3.8, 4) is 11.5 Å². The van der Waals surface area contributed by atoms with Crippen LogP contribution in [0, 0.1) is 13.8 Å². The first-order chi connectivity index (χ1) is 17.7. The first-order valence-corrected chi connectivity index (χ1v) is 11.3. The molecule has 1 aliphatic rings. The molecule has 9 nitrogen and oxygen atoms in total. The fraction of sp³-hybridized carbons (Fsp3) is 0.143. The van der Waals surface area contributed by atoms with Crippen LogP contribution in [0.1, 0.15) is 32.6 Å². The molecule has 0 atom stereocenters. The number of nitrogens with one attached hydrogen (secondary N) is 1. The molecule has 0 spiro atoms. The first kappa shape index (κ1) is 25.2. The highest BCUT2D eigenvalue weighted by molar-refractivity contribution is 6.39. The number of aryl methyl sites for hydroxylation is 2. The SMILES string of the molecule is COc1cc(/C=C2/C(=O)NC(=O)N(c3cc(C)cc(C)c3)C2=O)ccc1OCc1ccc(C(=O)O)cc1. The van der Waals surface area contributed by atoms with Gasteiger partial charge in [-0.25, -0.2) is 14.5 Å². The quantitative estimate of drug-likeness (QED) is 0.367. The Bertz CT molecular complexity index is 1420. The van der Waals surface area contributed by atoms with Crippen molar-refractivity contribution in [3.05, 3.63) is 94.1 Å². The molecule has 3 aromatic rings. The highest BCUT2D eigenvalue weighted by atomic mass is 16.5. The fourth-order valence-electron chi connectivity index (χ4n) is 3.94. The van der Waals surface area contributed by atoms with Crippen LogP contribution in [-0.2, 0) is 16.2 Å². The summed E-state index contributed by atoms with van der Waals surface area (Å²) in [4.78, 5) is 50.2. The van der Waals surface area contributed by atoms with Gasteiger partial charge in [-0.05, 0) is 78.6 Å². The van der Waals surface area contributed by atoms with Crippen LogP contribution in [0.3, 0.4) is 0 Å². The number of imide groups is 2. The fourth-order valence-corrected chi connectivity index (χ4v) is 3.94. The summed E-state index contributed by atoms with van der Waals surface area (Å²) in [7, 11) is 1.46. The van der Waals surface area contributed by atoms with Crippen LogP contribution in [0.5, 0.6) is 11.5 Å². The molecule has 0 aliphatic carbocycles. The minimum Gasteiger partial charge on any atom is -0.493 e. The summed E-state index contributed by atoms with van der Waals surface area (Å²) in [5, 5.41) is 11.2. The van der Waals surface area contributed by atoms with E-state index in [4.69, 9.17) is 14.6 Å². The summed E-state index contributed by atoms with van der Waals surface area (Å²) >= 11 is 0. The highest BCUT2D eigenvalue weighted by Gasteiger charge is 2.37. The van der Waals surface area contributed by atoms with E-state index in [9.17, 15) is 19.2 Å². The van der Waals surface area contributed by atoms with Gasteiger partial charge in [-0.2, -0.15) is 0 Å². The van der Waals surface area contributed by atoms with E-state index in [0.717, 1.165) is 21.6 Å². The van der Waals surface area contributed by atoms with Crippen LogP contribution < -0.4 is 19.7 Å². The smallest absolute Gasteiger partial charge is 0.335 e. The molecule has 1 aliphatic heterocycles. The number of carbonyl (C=O) groups is 4. The minimum absolute atomic E-state index is 0.171. The number of rotatable bonds is 7. The summed E-state index contributed by atoms with van der Waals surface area (Å²) in [6, 6.07) is 15.7. The first-order valence-electron chi connectivity index (χ1n) is 11.3. The van der Waals surface area contributed by atoms with Gasteiger partial charge in [0, 0.05) is 0 Å². The average Bonchev–Trinajstić information content (AvgIpc) is 2.85.